The molecule has 0 fully saturated rings. The number of unbranched alkanes of at least 4 members (excludes halogenated alkanes) is 1. The van der Waals surface area contributed by atoms with Gasteiger partial charge in [-0.25, -0.2) is 0 Å². The van der Waals surface area contributed by atoms with E-state index in [1.54, 1.807) is 0 Å². The van der Waals surface area contributed by atoms with E-state index in [0.29, 0.717) is 0 Å². The Balaban J connectivity index is 2.66. The minimum atomic E-state index is -1.32. The fourth-order valence-electron chi connectivity index (χ4n) is 4.95. The van der Waals surface area contributed by atoms with Crippen molar-refractivity contribution in [2.45, 2.75) is 90.6 Å². The van der Waals surface area contributed by atoms with Crippen LogP contribution in [-0.4, -0.2) is 40.0 Å². The zero-order valence-electron chi connectivity index (χ0n) is 20.1. The normalized spacial score (nSPS) is 13.2. The smallest absolute Gasteiger partial charge is 0.120 e. The lowest BCUT2D eigenvalue weighted by Crippen LogP contribution is -2.66. The van der Waals surface area contributed by atoms with Gasteiger partial charge in [0.15, 0.2) is 0 Å². The summed E-state index contributed by atoms with van der Waals surface area (Å²) in [6.07, 6.45) is 8.66. The minimum Gasteiger partial charge on any atom is -0.345 e. The van der Waals surface area contributed by atoms with Crippen LogP contribution >= 0.6 is 0 Å². The first-order chi connectivity index (χ1) is 14.1. The Labute approximate surface area is 183 Å². The van der Waals surface area contributed by atoms with E-state index in [0.717, 1.165) is 6.54 Å². The van der Waals surface area contributed by atoms with Crippen LogP contribution in [0.25, 0.3) is 6.08 Å². The van der Waals surface area contributed by atoms with Crippen molar-refractivity contribution >= 4 is 28.8 Å². The molecule has 0 aliphatic carbocycles. The summed E-state index contributed by atoms with van der Waals surface area (Å²) in [7, 11) is -2.64. The molecular weight excluding hydrogens is 384 g/mol. The summed E-state index contributed by atoms with van der Waals surface area (Å²) in [5.41, 5.74) is 1.23. The van der Waals surface area contributed by atoms with Gasteiger partial charge >= 0.3 is 0 Å². The van der Waals surface area contributed by atoms with Crippen LogP contribution in [0.3, 0.4) is 0 Å². The highest BCUT2D eigenvalue weighted by atomic mass is 28.4. The maximum absolute atomic E-state index is 4.62. The third-order valence-corrected chi connectivity index (χ3v) is 20.8. The van der Waals surface area contributed by atoms with Crippen LogP contribution in [-0.2, 0) is 0 Å². The van der Waals surface area contributed by atoms with E-state index >= 15 is 0 Å². The van der Waals surface area contributed by atoms with Crippen LogP contribution < -0.4 is 0 Å². The first-order valence-corrected chi connectivity index (χ1v) is 17.2. The van der Waals surface area contributed by atoms with Gasteiger partial charge in [-0.1, -0.05) is 78.0 Å². The summed E-state index contributed by atoms with van der Waals surface area (Å²) < 4.78 is 3.19. The van der Waals surface area contributed by atoms with Gasteiger partial charge in [-0.15, -0.1) is 0 Å². The Morgan fingerprint density at radius 1 is 0.759 bits per heavy atom. The van der Waals surface area contributed by atoms with Crippen molar-refractivity contribution in [1.82, 2.24) is 4.23 Å². The van der Waals surface area contributed by atoms with Crippen molar-refractivity contribution in [3.05, 3.63) is 42.0 Å². The lowest BCUT2D eigenvalue weighted by Gasteiger charge is -2.52. The molecule has 29 heavy (non-hydrogen) atoms. The highest BCUT2D eigenvalue weighted by Crippen LogP contribution is 2.36. The van der Waals surface area contributed by atoms with E-state index in [1.807, 2.05) is 6.21 Å². The van der Waals surface area contributed by atoms with E-state index in [4.69, 9.17) is 0 Å². The Bertz CT molecular complexity index is 554. The Hall–Kier alpha value is -0.976. The van der Waals surface area contributed by atoms with Crippen molar-refractivity contribution in [2.24, 2.45) is 4.99 Å². The molecule has 0 aliphatic heterocycles. The Morgan fingerprint density at radius 3 is 1.76 bits per heavy atom. The second-order valence-corrected chi connectivity index (χ2v) is 18.9. The molecule has 0 aromatic heterocycles. The topological polar surface area (TPSA) is 15.6 Å². The summed E-state index contributed by atoms with van der Waals surface area (Å²) >= 11 is 0. The molecule has 164 valence electrons. The molecule has 2 nitrogen and oxygen atoms in total. The van der Waals surface area contributed by atoms with Gasteiger partial charge < -0.3 is 4.23 Å². The molecule has 0 aliphatic rings. The third kappa shape index (κ3) is 7.34. The molecule has 0 unspecified atom stereocenters. The van der Waals surface area contributed by atoms with Crippen molar-refractivity contribution < 1.29 is 0 Å². The van der Waals surface area contributed by atoms with E-state index < -0.39 is 16.5 Å². The Kier molecular flexibility index (Phi) is 12.7. The standard InChI is InChI=1S/C25H46N2Si2/c1-7-28(8-2,9-3)27(29(10-4,11-5)12-6)24-17-16-22-26-23-18-21-25-19-14-13-15-20-25/h13-15,18-21,23H,7-12,16-17,22,24H2,1-6H3. The highest BCUT2D eigenvalue weighted by molar-refractivity contribution is 6.92. The van der Waals surface area contributed by atoms with Gasteiger partial charge in [-0.3, -0.25) is 4.99 Å². The summed E-state index contributed by atoms with van der Waals surface area (Å²) in [5, 5.41) is 0. The van der Waals surface area contributed by atoms with Gasteiger partial charge in [0.25, 0.3) is 0 Å². The lowest BCUT2D eigenvalue weighted by molar-refractivity contribution is 0.538. The van der Waals surface area contributed by atoms with Crippen molar-refractivity contribution in [3.8, 4) is 0 Å². The van der Waals surface area contributed by atoms with Gasteiger partial charge in [0.05, 0.1) is 0 Å². The number of hydrogen-bond donors (Lipinski definition) is 0. The molecule has 0 saturated carbocycles. The summed E-state index contributed by atoms with van der Waals surface area (Å²) in [5.74, 6) is 0. The van der Waals surface area contributed by atoms with Crippen LogP contribution in [0.5, 0.6) is 0 Å². The second kappa shape index (κ2) is 14.1. The molecule has 0 spiro atoms. The summed E-state index contributed by atoms with van der Waals surface area (Å²) in [6.45, 7) is 17.1. The van der Waals surface area contributed by atoms with Crippen molar-refractivity contribution in [2.75, 3.05) is 13.1 Å². The van der Waals surface area contributed by atoms with E-state index in [2.05, 4.69) is 93.2 Å². The van der Waals surface area contributed by atoms with E-state index in [-0.39, 0.29) is 0 Å². The number of hydrogen-bond acceptors (Lipinski definition) is 2. The molecular formula is C25H46N2Si2. The molecule has 4 heteroatoms. The summed E-state index contributed by atoms with van der Waals surface area (Å²) in [6, 6.07) is 18.9. The number of benzene rings is 1. The molecule has 1 aromatic carbocycles. The largest absolute Gasteiger partial charge is 0.345 e. The molecule has 0 atom stereocenters. The van der Waals surface area contributed by atoms with Gasteiger partial charge in [-0.2, -0.15) is 0 Å². The minimum absolute atomic E-state index is 0.949. The van der Waals surface area contributed by atoms with E-state index in [9.17, 15) is 0 Å². The first-order valence-electron chi connectivity index (χ1n) is 12.1. The van der Waals surface area contributed by atoms with Crippen LogP contribution in [0.4, 0.5) is 0 Å². The number of rotatable bonds is 15. The van der Waals surface area contributed by atoms with Crippen LogP contribution in [0.1, 0.15) is 59.9 Å². The van der Waals surface area contributed by atoms with Gasteiger partial charge in [0, 0.05) is 12.8 Å². The molecule has 0 heterocycles. The zero-order chi connectivity index (χ0) is 21.6. The average molecular weight is 431 g/mol. The fourth-order valence-corrected chi connectivity index (χ4v) is 18.4. The predicted octanol–water partition coefficient (Wildman–Crippen LogP) is 7.86. The fraction of sp³-hybridized carbons (Fsp3) is 0.640. The first kappa shape index (κ1) is 26.1. The molecule has 1 aromatic rings. The molecule has 0 saturated heterocycles. The van der Waals surface area contributed by atoms with Crippen molar-refractivity contribution in [1.29, 1.82) is 0 Å². The quantitative estimate of drug-likeness (QED) is 0.157. The molecule has 0 amide bonds. The molecule has 0 N–H and O–H groups in total. The van der Waals surface area contributed by atoms with Gasteiger partial charge in [0.2, 0.25) is 0 Å². The lowest BCUT2D eigenvalue weighted by atomic mass is 10.2. The maximum atomic E-state index is 4.62. The number of allylic oxidation sites excluding steroid dienone is 1. The highest BCUT2D eigenvalue weighted by Gasteiger charge is 2.45. The third-order valence-electron chi connectivity index (χ3n) is 7.29. The zero-order valence-corrected chi connectivity index (χ0v) is 22.1. The molecule has 0 bridgehead atoms. The maximum Gasteiger partial charge on any atom is 0.120 e. The van der Waals surface area contributed by atoms with Crippen LogP contribution in [0.2, 0.25) is 36.3 Å². The monoisotopic (exact) mass is 430 g/mol. The van der Waals surface area contributed by atoms with Crippen LogP contribution in [0.15, 0.2) is 41.4 Å². The Morgan fingerprint density at radius 2 is 1.28 bits per heavy atom. The van der Waals surface area contributed by atoms with Crippen molar-refractivity contribution in [3.63, 3.8) is 0 Å². The molecule has 0 radical (unpaired) electrons. The predicted molar refractivity (Wildman–Crippen MR) is 139 cm³/mol. The van der Waals surface area contributed by atoms with Gasteiger partial charge in [0.1, 0.15) is 16.5 Å². The molecule has 1 rings (SSSR count). The SMILES string of the molecule is CC[Si](CC)(CC)N(CCCCN=CC=Cc1ccccc1)[Si](CC)(CC)CC. The summed E-state index contributed by atoms with van der Waals surface area (Å²) in [4.78, 5) is 4.62. The van der Waals surface area contributed by atoms with E-state index in [1.165, 1.54) is 61.2 Å². The van der Waals surface area contributed by atoms with Crippen LogP contribution in [0, 0.1) is 0 Å². The number of nitrogens with zero attached hydrogens (tertiary/aromatic N) is 2. The average Bonchev–Trinajstić information content (AvgIpc) is 2.78. The second-order valence-electron chi connectivity index (χ2n) is 8.25. The number of aliphatic imine (C=N–C) groups is 1. The van der Waals surface area contributed by atoms with Gasteiger partial charge in [-0.05, 0) is 67.3 Å².